The molecule has 1 saturated carbocycles. The van der Waals surface area contributed by atoms with E-state index in [2.05, 4.69) is 0 Å². The molecule has 4 nitrogen and oxygen atoms in total. The molecular formula is C22H22FNO3. The number of unbranched alkanes of at least 4 members (excludes halogenated alkanes) is 1. The van der Waals surface area contributed by atoms with Gasteiger partial charge in [0.25, 0.3) is 5.56 Å². The number of pyridine rings is 1. The molecule has 1 N–H and O–H groups in total. The van der Waals surface area contributed by atoms with Crippen molar-refractivity contribution >= 4 is 10.8 Å². The maximum atomic E-state index is 13.8. The number of benzene rings is 2. The van der Waals surface area contributed by atoms with Crippen molar-refractivity contribution in [2.45, 2.75) is 31.7 Å². The van der Waals surface area contributed by atoms with Gasteiger partial charge in [0.2, 0.25) is 0 Å². The Morgan fingerprint density at radius 1 is 1.11 bits per heavy atom. The van der Waals surface area contributed by atoms with Crippen LogP contribution in [-0.2, 0) is 0 Å². The lowest BCUT2D eigenvalue weighted by Gasteiger charge is -2.14. The Balaban J connectivity index is 1.82. The third kappa shape index (κ3) is 3.74. The summed E-state index contributed by atoms with van der Waals surface area (Å²) in [5, 5.41) is 10.3. The molecule has 140 valence electrons. The number of nitrogens with zero attached hydrogens (tertiary/aromatic N) is 1. The van der Waals surface area contributed by atoms with Gasteiger partial charge in [0.05, 0.1) is 6.61 Å². The molecule has 1 aliphatic rings. The number of halogens is 1. The first-order valence-corrected chi connectivity index (χ1v) is 9.36. The Bertz CT molecular complexity index is 1020. The zero-order valence-corrected chi connectivity index (χ0v) is 15.0. The van der Waals surface area contributed by atoms with Gasteiger partial charge in [0.1, 0.15) is 11.6 Å². The average molecular weight is 367 g/mol. The van der Waals surface area contributed by atoms with Gasteiger partial charge in [-0.05, 0) is 61.6 Å². The summed E-state index contributed by atoms with van der Waals surface area (Å²) in [7, 11) is 0. The molecule has 0 radical (unpaired) electrons. The normalized spacial score (nSPS) is 13.9. The van der Waals surface area contributed by atoms with Crippen molar-refractivity contribution in [3.8, 4) is 16.9 Å². The fraction of sp³-hybridized carbons (Fsp3) is 0.318. The highest BCUT2D eigenvalue weighted by Crippen LogP contribution is 2.37. The number of ether oxygens (including phenoxy) is 1. The van der Waals surface area contributed by atoms with E-state index in [1.54, 1.807) is 22.8 Å². The Kier molecular flexibility index (Phi) is 4.94. The maximum absolute atomic E-state index is 13.8. The van der Waals surface area contributed by atoms with Crippen LogP contribution in [0.3, 0.4) is 0 Å². The Morgan fingerprint density at radius 3 is 2.70 bits per heavy atom. The van der Waals surface area contributed by atoms with Gasteiger partial charge in [-0.25, -0.2) is 4.39 Å². The smallest absolute Gasteiger partial charge is 0.258 e. The van der Waals surface area contributed by atoms with Crippen LogP contribution >= 0.6 is 0 Å². The van der Waals surface area contributed by atoms with Crippen LogP contribution in [0.1, 0.15) is 31.7 Å². The average Bonchev–Trinajstić information content (AvgIpc) is 3.51. The summed E-state index contributed by atoms with van der Waals surface area (Å²) in [6.07, 6.45) is 5.30. The first kappa shape index (κ1) is 17.7. The molecule has 5 heteroatoms. The predicted octanol–water partition coefficient (Wildman–Crippen LogP) is 4.29. The van der Waals surface area contributed by atoms with Crippen molar-refractivity contribution in [1.82, 2.24) is 4.57 Å². The van der Waals surface area contributed by atoms with Crippen molar-refractivity contribution in [3.63, 3.8) is 0 Å². The molecule has 1 fully saturated rings. The molecule has 0 amide bonds. The second kappa shape index (κ2) is 7.53. The quantitative estimate of drug-likeness (QED) is 0.634. The van der Waals surface area contributed by atoms with Gasteiger partial charge in [0, 0.05) is 35.2 Å². The van der Waals surface area contributed by atoms with Gasteiger partial charge in [-0.1, -0.05) is 12.1 Å². The minimum Gasteiger partial charge on any atom is -0.494 e. The van der Waals surface area contributed by atoms with E-state index in [9.17, 15) is 9.18 Å². The first-order valence-electron chi connectivity index (χ1n) is 9.36. The third-order valence-electron chi connectivity index (χ3n) is 4.91. The van der Waals surface area contributed by atoms with Crippen LogP contribution in [0.15, 0.2) is 53.5 Å². The van der Waals surface area contributed by atoms with Crippen LogP contribution < -0.4 is 10.3 Å². The van der Waals surface area contributed by atoms with E-state index in [0.717, 1.165) is 35.8 Å². The minimum atomic E-state index is -0.304. The monoisotopic (exact) mass is 367 g/mol. The van der Waals surface area contributed by atoms with Crippen LogP contribution in [0.2, 0.25) is 0 Å². The third-order valence-corrected chi connectivity index (χ3v) is 4.91. The highest BCUT2D eigenvalue weighted by atomic mass is 19.1. The molecule has 3 aromatic rings. The number of fused-ring (bicyclic) bond motifs is 1. The maximum Gasteiger partial charge on any atom is 0.258 e. The molecule has 0 unspecified atom stereocenters. The van der Waals surface area contributed by atoms with Gasteiger partial charge in [-0.3, -0.25) is 4.79 Å². The van der Waals surface area contributed by atoms with E-state index in [4.69, 9.17) is 9.84 Å². The lowest BCUT2D eigenvalue weighted by atomic mass is 10.00. The Morgan fingerprint density at radius 2 is 1.96 bits per heavy atom. The number of aliphatic hydroxyl groups excluding tert-OH is 1. The molecule has 1 aromatic heterocycles. The summed E-state index contributed by atoms with van der Waals surface area (Å²) in [4.78, 5) is 12.9. The van der Waals surface area contributed by atoms with Crippen molar-refractivity contribution < 1.29 is 14.2 Å². The largest absolute Gasteiger partial charge is 0.494 e. The lowest BCUT2D eigenvalue weighted by molar-refractivity contribution is 0.253. The first-order chi connectivity index (χ1) is 13.2. The molecular weight excluding hydrogens is 345 g/mol. The molecule has 0 bridgehead atoms. The highest BCUT2D eigenvalue weighted by Gasteiger charge is 2.26. The molecule has 0 aliphatic heterocycles. The van der Waals surface area contributed by atoms with Crippen LogP contribution in [0.25, 0.3) is 21.9 Å². The van der Waals surface area contributed by atoms with Crippen LogP contribution in [-0.4, -0.2) is 22.9 Å². The van der Waals surface area contributed by atoms with E-state index in [-0.39, 0.29) is 24.0 Å². The topological polar surface area (TPSA) is 51.5 Å². The van der Waals surface area contributed by atoms with Gasteiger partial charge in [-0.2, -0.15) is 0 Å². The number of aromatic nitrogens is 1. The molecule has 0 saturated heterocycles. The zero-order valence-electron chi connectivity index (χ0n) is 15.0. The summed E-state index contributed by atoms with van der Waals surface area (Å²) in [5.41, 5.74) is 1.56. The number of hydrogen-bond donors (Lipinski definition) is 1. The summed E-state index contributed by atoms with van der Waals surface area (Å²) in [6.45, 7) is 0.645. The fourth-order valence-corrected chi connectivity index (χ4v) is 3.34. The SMILES string of the molecule is O=c1c2ccc(OCCCCO)cc2c(-c2cccc(F)c2)cn1C1CC1. The van der Waals surface area contributed by atoms with Crippen LogP contribution in [0.4, 0.5) is 4.39 Å². The van der Waals surface area contributed by atoms with Crippen LogP contribution in [0, 0.1) is 5.82 Å². The van der Waals surface area contributed by atoms with Crippen molar-refractivity contribution in [2.75, 3.05) is 13.2 Å². The predicted molar refractivity (Wildman–Crippen MR) is 104 cm³/mol. The second-order valence-corrected chi connectivity index (χ2v) is 6.98. The van der Waals surface area contributed by atoms with E-state index >= 15 is 0 Å². The minimum absolute atomic E-state index is 0.0144. The van der Waals surface area contributed by atoms with Gasteiger partial charge >= 0.3 is 0 Å². The molecule has 1 heterocycles. The number of aliphatic hydroxyl groups is 1. The summed E-state index contributed by atoms with van der Waals surface area (Å²) in [6, 6.07) is 12.1. The summed E-state index contributed by atoms with van der Waals surface area (Å²) < 4.78 is 21.4. The van der Waals surface area contributed by atoms with E-state index < -0.39 is 0 Å². The second-order valence-electron chi connectivity index (χ2n) is 6.98. The van der Waals surface area contributed by atoms with Crippen molar-refractivity contribution in [2.24, 2.45) is 0 Å². The van der Waals surface area contributed by atoms with Gasteiger partial charge in [-0.15, -0.1) is 0 Å². The van der Waals surface area contributed by atoms with Crippen molar-refractivity contribution in [1.29, 1.82) is 0 Å². The molecule has 1 aliphatic carbocycles. The lowest BCUT2D eigenvalue weighted by Crippen LogP contribution is -2.19. The van der Waals surface area contributed by atoms with Crippen molar-refractivity contribution in [3.05, 3.63) is 64.8 Å². The van der Waals surface area contributed by atoms with E-state index in [1.165, 1.54) is 12.1 Å². The number of rotatable bonds is 7. The Labute approximate surface area is 156 Å². The van der Waals surface area contributed by atoms with E-state index in [1.807, 2.05) is 18.3 Å². The fourth-order valence-electron chi connectivity index (χ4n) is 3.34. The standard InChI is InChI=1S/C22H22FNO3/c23-16-5-3-4-15(12-16)21-14-24(17-6-7-17)22(26)19-9-8-18(13-20(19)21)27-11-2-1-10-25/h3-5,8-9,12-14,17,25H,1-2,6-7,10-11H2. The Hall–Kier alpha value is -2.66. The van der Waals surface area contributed by atoms with Gasteiger partial charge < -0.3 is 14.4 Å². The molecule has 0 atom stereocenters. The number of hydrogen-bond acceptors (Lipinski definition) is 3. The zero-order chi connectivity index (χ0) is 18.8. The molecule has 2 aromatic carbocycles. The molecule has 27 heavy (non-hydrogen) atoms. The van der Waals surface area contributed by atoms with Crippen LogP contribution in [0.5, 0.6) is 5.75 Å². The summed E-state index contributed by atoms with van der Waals surface area (Å²) >= 11 is 0. The highest BCUT2D eigenvalue weighted by molar-refractivity contribution is 5.96. The molecule has 4 rings (SSSR count). The molecule has 0 spiro atoms. The van der Waals surface area contributed by atoms with E-state index in [0.29, 0.717) is 24.2 Å². The summed E-state index contributed by atoms with van der Waals surface area (Å²) in [5.74, 6) is 0.364. The van der Waals surface area contributed by atoms with Gasteiger partial charge in [0.15, 0.2) is 0 Å².